The largest absolute Gasteiger partial charge is 0.309 e. The number of aromatic nitrogens is 3. The van der Waals surface area contributed by atoms with Crippen LogP contribution in [0.15, 0.2) is 243 Å². The summed E-state index contributed by atoms with van der Waals surface area (Å²) >= 11 is 0. The molecule has 0 saturated heterocycles. The van der Waals surface area contributed by atoms with E-state index in [9.17, 15) is 5.26 Å². The molecule has 13 aromatic rings. The highest BCUT2D eigenvalue weighted by Gasteiger charge is 2.41. The van der Waals surface area contributed by atoms with Crippen LogP contribution in [-0.4, -0.2) is 21.8 Å². The number of rotatable bonds is 7. The fraction of sp³-hybridized carbons (Fsp3) is 0. The maximum Gasteiger partial charge on any atom is 0.179 e. The van der Waals surface area contributed by atoms with E-state index in [0.29, 0.717) is 5.56 Å². The highest BCUT2D eigenvalue weighted by atomic mass is 28.3. The topological polar surface area (TPSA) is 38.6 Å². The Balaban J connectivity index is 0.997. The fourth-order valence-corrected chi connectivity index (χ4v) is 15.7. The molecular weight excluding hydrogens is 817 g/mol. The molecule has 5 heteroatoms. The molecule has 0 aliphatic heterocycles. The lowest BCUT2D eigenvalue weighted by Crippen LogP contribution is -2.74. The summed E-state index contributed by atoms with van der Waals surface area (Å²) in [6, 6.07) is 91.0. The normalized spacial score (nSPS) is 11.9. The SMILES string of the molecule is N#Cc1ccc2c(c1)c1ccccc1n2-c1ccc2c(c1)c1ccccc1n2-c1ccc2c3ccccc3n(-c3ccc([Si](c4ccccc4)(c4ccccc4)c4ccccc4)cc3)c2c1. The molecule has 0 aliphatic carbocycles. The molecule has 308 valence electrons. The van der Waals surface area contributed by atoms with E-state index in [1.807, 2.05) is 12.1 Å². The molecule has 3 heterocycles. The van der Waals surface area contributed by atoms with Gasteiger partial charge in [-0.1, -0.05) is 164 Å². The van der Waals surface area contributed by atoms with E-state index < -0.39 is 8.07 Å². The molecule has 3 aromatic heterocycles. The summed E-state index contributed by atoms with van der Waals surface area (Å²) in [5.41, 5.74) is 10.8. The molecule has 66 heavy (non-hydrogen) atoms. The summed E-state index contributed by atoms with van der Waals surface area (Å²) in [6.07, 6.45) is 0. The first-order valence-corrected chi connectivity index (χ1v) is 24.5. The predicted molar refractivity (Wildman–Crippen MR) is 278 cm³/mol. The Labute approximate surface area is 382 Å². The van der Waals surface area contributed by atoms with Crippen molar-refractivity contribution in [1.29, 1.82) is 5.26 Å². The smallest absolute Gasteiger partial charge is 0.179 e. The van der Waals surface area contributed by atoms with Crippen LogP contribution in [0.4, 0.5) is 0 Å². The van der Waals surface area contributed by atoms with E-state index in [2.05, 4.69) is 250 Å². The molecule has 0 fully saturated rings. The average Bonchev–Trinajstić information content (AvgIpc) is 4.02. The van der Waals surface area contributed by atoms with Crippen molar-refractivity contribution < 1.29 is 0 Å². The number of fused-ring (bicyclic) bond motifs is 9. The molecule has 13 rings (SSSR count). The fourth-order valence-electron chi connectivity index (χ4n) is 11.0. The first-order valence-electron chi connectivity index (χ1n) is 22.5. The van der Waals surface area contributed by atoms with Gasteiger partial charge in [-0.05, 0) is 99.6 Å². The molecular formula is C61H40N4Si. The minimum Gasteiger partial charge on any atom is -0.309 e. The second-order valence-corrected chi connectivity index (χ2v) is 21.0. The van der Waals surface area contributed by atoms with Crippen molar-refractivity contribution in [3.63, 3.8) is 0 Å². The zero-order valence-corrected chi connectivity index (χ0v) is 36.9. The molecule has 0 amide bonds. The summed E-state index contributed by atoms with van der Waals surface area (Å²) in [7, 11) is -2.69. The van der Waals surface area contributed by atoms with Gasteiger partial charge in [0.15, 0.2) is 8.07 Å². The van der Waals surface area contributed by atoms with E-state index in [4.69, 9.17) is 0 Å². The number of hydrogen-bond donors (Lipinski definition) is 0. The van der Waals surface area contributed by atoms with Gasteiger partial charge in [0.1, 0.15) is 0 Å². The van der Waals surface area contributed by atoms with E-state index in [1.165, 1.54) is 47.8 Å². The van der Waals surface area contributed by atoms with Crippen molar-refractivity contribution in [2.24, 2.45) is 0 Å². The third-order valence-corrected chi connectivity index (χ3v) is 18.6. The highest BCUT2D eigenvalue weighted by molar-refractivity contribution is 7.19. The first kappa shape index (κ1) is 37.8. The van der Waals surface area contributed by atoms with Crippen LogP contribution < -0.4 is 20.7 Å². The molecule has 0 radical (unpaired) electrons. The minimum absolute atomic E-state index is 0.662. The van der Waals surface area contributed by atoms with Gasteiger partial charge >= 0.3 is 0 Å². The average molecular weight is 857 g/mol. The monoisotopic (exact) mass is 856 g/mol. The standard InChI is InChI=1S/C61H40N4Si/c62-41-42-28-36-59-54(38-42)51-23-11-14-26-57(51)64(59)44-32-37-60-55(39-44)52-24-12-15-27-58(52)65(60)45-31-35-53-50-22-10-13-25-56(50)63(61(53)40-45)43-29-33-49(34-30-43)66(46-16-4-1-5-17-46,47-18-6-2-7-19-47)48-20-8-3-9-21-48/h1-40H. The first-order chi connectivity index (χ1) is 32.7. The number of nitriles is 1. The van der Waals surface area contributed by atoms with Gasteiger partial charge in [0.25, 0.3) is 0 Å². The molecule has 0 saturated carbocycles. The predicted octanol–water partition coefficient (Wildman–Crippen LogP) is 12.2. The Bertz CT molecular complexity index is 3950. The van der Waals surface area contributed by atoms with Crippen LogP contribution in [0.25, 0.3) is 82.5 Å². The summed E-state index contributed by atoms with van der Waals surface area (Å²) in [5, 5.41) is 22.2. The second kappa shape index (κ2) is 15.0. The molecule has 0 spiro atoms. The van der Waals surface area contributed by atoms with Crippen LogP contribution in [-0.2, 0) is 0 Å². The summed E-state index contributed by atoms with van der Waals surface area (Å²) < 4.78 is 7.20. The van der Waals surface area contributed by atoms with Crippen LogP contribution in [0, 0.1) is 11.3 Å². The van der Waals surface area contributed by atoms with Gasteiger partial charge in [0.05, 0.1) is 44.7 Å². The Kier molecular flexibility index (Phi) is 8.57. The van der Waals surface area contributed by atoms with Crippen LogP contribution in [0.2, 0.25) is 0 Å². The van der Waals surface area contributed by atoms with Gasteiger partial charge in [-0.15, -0.1) is 0 Å². The van der Waals surface area contributed by atoms with E-state index in [0.717, 1.165) is 55.4 Å². The van der Waals surface area contributed by atoms with Crippen LogP contribution in [0.3, 0.4) is 0 Å². The minimum atomic E-state index is -2.69. The Morgan fingerprint density at radius 1 is 0.273 bits per heavy atom. The number of benzene rings is 10. The molecule has 4 nitrogen and oxygen atoms in total. The van der Waals surface area contributed by atoms with Gasteiger partial charge in [0.2, 0.25) is 0 Å². The van der Waals surface area contributed by atoms with E-state index in [1.54, 1.807) is 0 Å². The quantitative estimate of drug-likeness (QED) is 0.116. The van der Waals surface area contributed by atoms with Gasteiger partial charge in [-0.25, -0.2) is 0 Å². The summed E-state index contributed by atoms with van der Waals surface area (Å²) in [4.78, 5) is 0. The molecule has 0 atom stereocenters. The molecule has 0 N–H and O–H groups in total. The highest BCUT2D eigenvalue weighted by Crippen LogP contribution is 2.39. The Hall–Kier alpha value is -8.69. The van der Waals surface area contributed by atoms with Crippen LogP contribution >= 0.6 is 0 Å². The number of nitrogens with zero attached hydrogens (tertiary/aromatic N) is 4. The zero-order chi connectivity index (χ0) is 43.8. The van der Waals surface area contributed by atoms with Crippen molar-refractivity contribution in [2.45, 2.75) is 0 Å². The van der Waals surface area contributed by atoms with E-state index >= 15 is 0 Å². The number of para-hydroxylation sites is 3. The maximum absolute atomic E-state index is 9.76. The van der Waals surface area contributed by atoms with Gasteiger partial charge in [-0.3, -0.25) is 0 Å². The maximum atomic E-state index is 9.76. The van der Waals surface area contributed by atoms with Crippen molar-refractivity contribution in [3.8, 4) is 23.1 Å². The van der Waals surface area contributed by atoms with Gasteiger partial charge in [0, 0.05) is 49.4 Å². The van der Waals surface area contributed by atoms with Crippen molar-refractivity contribution in [3.05, 3.63) is 248 Å². The second-order valence-electron chi connectivity index (χ2n) is 17.2. The molecule has 0 aliphatic rings. The zero-order valence-electron chi connectivity index (χ0n) is 35.9. The molecule has 0 unspecified atom stereocenters. The number of hydrogen-bond acceptors (Lipinski definition) is 1. The third kappa shape index (κ3) is 5.56. The summed E-state index contributed by atoms with van der Waals surface area (Å²) in [5.74, 6) is 0. The van der Waals surface area contributed by atoms with Crippen LogP contribution in [0.5, 0.6) is 0 Å². The van der Waals surface area contributed by atoms with Crippen molar-refractivity contribution in [2.75, 3.05) is 0 Å². The van der Waals surface area contributed by atoms with Gasteiger partial charge < -0.3 is 13.7 Å². The lowest BCUT2D eigenvalue weighted by Gasteiger charge is -2.34. The lowest BCUT2D eigenvalue weighted by atomic mass is 10.1. The van der Waals surface area contributed by atoms with Crippen molar-refractivity contribution in [1.82, 2.24) is 13.7 Å². The Morgan fingerprint density at radius 3 is 1.17 bits per heavy atom. The van der Waals surface area contributed by atoms with Gasteiger partial charge in [-0.2, -0.15) is 5.26 Å². The van der Waals surface area contributed by atoms with Crippen molar-refractivity contribution >= 4 is 94.2 Å². The summed E-state index contributed by atoms with van der Waals surface area (Å²) in [6.45, 7) is 0. The molecule has 0 bridgehead atoms. The third-order valence-electron chi connectivity index (χ3n) is 13.8. The lowest BCUT2D eigenvalue weighted by molar-refractivity contribution is 1.15. The van der Waals surface area contributed by atoms with Crippen LogP contribution in [0.1, 0.15) is 5.56 Å². The van der Waals surface area contributed by atoms with E-state index in [-0.39, 0.29) is 0 Å². The molecule has 10 aromatic carbocycles. The Morgan fingerprint density at radius 2 is 0.636 bits per heavy atom.